The number of carbonyl (C=O) groups is 1. The van der Waals surface area contributed by atoms with Gasteiger partial charge in [-0.3, -0.25) is 5.43 Å². The van der Waals surface area contributed by atoms with Crippen molar-refractivity contribution in [2.45, 2.75) is 6.92 Å². The molecule has 0 saturated carbocycles. The first kappa shape index (κ1) is 17.9. The van der Waals surface area contributed by atoms with E-state index in [1.54, 1.807) is 29.5 Å². The van der Waals surface area contributed by atoms with Crippen LogP contribution in [0, 0.1) is 0 Å². The van der Waals surface area contributed by atoms with Crippen molar-refractivity contribution in [1.82, 2.24) is 4.98 Å². The zero-order valence-corrected chi connectivity index (χ0v) is 15.9. The SMILES string of the molecule is C/C(=N/Nc1nc2ccccc2s1)c1cccc(-c2cccc(C(=O)O)c2)c1. The van der Waals surface area contributed by atoms with Crippen LogP contribution in [0.15, 0.2) is 77.9 Å². The maximum atomic E-state index is 11.2. The van der Waals surface area contributed by atoms with E-state index in [-0.39, 0.29) is 5.56 Å². The van der Waals surface area contributed by atoms with Crippen molar-refractivity contribution in [2.75, 3.05) is 5.43 Å². The molecule has 28 heavy (non-hydrogen) atoms. The molecule has 3 aromatic carbocycles. The summed E-state index contributed by atoms with van der Waals surface area (Å²) in [6.45, 7) is 1.92. The predicted molar refractivity (Wildman–Crippen MR) is 114 cm³/mol. The normalized spacial score (nSPS) is 11.5. The van der Waals surface area contributed by atoms with Crippen LogP contribution in [0.3, 0.4) is 0 Å². The Balaban J connectivity index is 1.58. The monoisotopic (exact) mass is 387 g/mol. The van der Waals surface area contributed by atoms with Crippen molar-refractivity contribution in [3.63, 3.8) is 0 Å². The van der Waals surface area contributed by atoms with E-state index in [9.17, 15) is 9.90 Å². The number of carboxylic acid groups (broad SMARTS) is 1. The number of hydrazone groups is 1. The van der Waals surface area contributed by atoms with Crippen LogP contribution < -0.4 is 5.43 Å². The summed E-state index contributed by atoms with van der Waals surface area (Å²) < 4.78 is 1.11. The molecule has 0 aliphatic rings. The summed E-state index contributed by atoms with van der Waals surface area (Å²) >= 11 is 1.55. The first-order valence-corrected chi connectivity index (χ1v) is 9.52. The number of anilines is 1. The average Bonchev–Trinajstić information content (AvgIpc) is 3.15. The molecule has 0 unspecified atom stereocenters. The maximum Gasteiger partial charge on any atom is 0.335 e. The highest BCUT2D eigenvalue weighted by atomic mass is 32.1. The minimum Gasteiger partial charge on any atom is -0.478 e. The quantitative estimate of drug-likeness (QED) is 0.350. The highest BCUT2D eigenvalue weighted by Gasteiger charge is 2.07. The number of hydrogen-bond donors (Lipinski definition) is 2. The highest BCUT2D eigenvalue weighted by Crippen LogP contribution is 2.26. The lowest BCUT2D eigenvalue weighted by molar-refractivity contribution is 0.0697. The molecule has 2 N–H and O–H groups in total. The second kappa shape index (κ2) is 7.62. The standard InChI is InChI=1S/C22H17N3O2S/c1-14(24-25-22-23-19-10-2-3-11-20(19)28-22)15-6-4-7-16(12-15)17-8-5-9-18(13-17)21(26)27/h2-13H,1H3,(H,23,25)(H,26,27)/b24-14-. The third kappa shape index (κ3) is 3.77. The number of aromatic nitrogens is 1. The van der Waals surface area contributed by atoms with Crippen molar-refractivity contribution >= 4 is 38.4 Å². The predicted octanol–water partition coefficient (Wildman–Crippen LogP) is 5.50. The van der Waals surface area contributed by atoms with Crippen molar-refractivity contribution in [1.29, 1.82) is 0 Å². The Morgan fingerprint density at radius 1 is 0.964 bits per heavy atom. The fourth-order valence-corrected chi connectivity index (χ4v) is 3.68. The van der Waals surface area contributed by atoms with Crippen LogP contribution in [0.5, 0.6) is 0 Å². The molecule has 0 atom stereocenters. The second-order valence-corrected chi connectivity index (χ2v) is 7.29. The number of rotatable bonds is 5. The molecular weight excluding hydrogens is 370 g/mol. The lowest BCUT2D eigenvalue weighted by Gasteiger charge is -2.07. The van der Waals surface area contributed by atoms with Crippen LogP contribution in [0.1, 0.15) is 22.8 Å². The number of nitrogens with zero attached hydrogens (tertiary/aromatic N) is 2. The number of thiazole rings is 1. The maximum absolute atomic E-state index is 11.2. The van der Waals surface area contributed by atoms with E-state index in [1.165, 1.54) is 0 Å². The van der Waals surface area contributed by atoms with E-state index in [0.717, 1.165) is 37.8 Å². The Morgan fingerprint density at radius 2 is 1.64 bits per heavy atom. The molecule has 0 radical (unpaired) electrons. The van der Waals surface area contributed by atoms with Crippen LogP contribution in [-0.2, 0) is 0 Å². The number of hydrogen-bond acceptors (Lipinski definition) is 5. The lowest BCUT2D eigenvalue weighted by Crippen LogP contribution is -2.00. The topological polar surface area (TPSA) is 74.6 Å². The van der Waals surface area contributed by atoms with Crippen LogP contribution in [0.2, 0.25) is 0 Å². The van der Waals surface area contributed by atoms with Gasteiger partial charge in [0, 0.05) is 0 Å². The molecule has 4 aromatic rings. The molecular formula is C22H17N3O2S. The summed E-state index contributed by atoms with van der Waals surface area (Å²) in [4.78, 5) is 15.7. The van der Waals surface area contributed by atoms with Crippen LogP contribution >= 0.6 is 11.3 Å². The van der Waals surface area contributed by atoms with Crippen molar-refractivity contribution in [3.05, 3.63) is 83.9 Å². The molecule has 0 aliphatic carbocycles. The zero-order chi connectivity index (χ0) is 19.5. The van der Waals surface area contributed by atoms with E-state index in [1.807, 2.05) is 61.5 Å². The summed E-state index contributed by atoms with van der Waals surface area (Å²) in [5, 5.41) is 14.4. The number of nitrogens with one attached hydrogen (secondary N) is 1. The lowest BCUT2D eigenvalue weighted by atomic mass is 10.00. The summed E-state index contributed by atoms with van der Waals surface area (Å²) in [6.07, 6.45) is 0. The minimum absolute atomic E-state index is 0.269. The van der Waals surface area contributed by atoms with E-state index >= 15 is 0 Å². The van der Waals surface area contributed by atoms with Crippen LogP contribution in [0.25, 0.3) is 21.3 Å². The van der Waals surface area contributed by atoms with Gasteiger partial charge in [-0.25, -0.2) is 9.78 Å². The van der Waals surface area contributed by atoms with Gasteiger partial charge in [-0.1, -0.05) is 53.8 Å². The fraction of sp³-hybridized carbons (Fsp3) is 0.0455. The Bertz CT molecular complexity index is 1160. The van der Waals surface area contributed by atoms with Crippen molar-refractivity contribution in [2.24, 2.45) is 5.10 Å². The second-order valence-electron chi connectivity index (χ2n) is 6.26. The van der Waals surface area contributed by atoms with E-state index in [4.69, 9.17) is 0 Å². The smallest absolute Gasteiger partial charge is 0.335 e. The Morgan fingerprint density at radius 3 is 2.36 bits per heavy atom. The molecule has 1 heterocycles. The minimum atomic E-state index is -0.934. The number of para-hydroxylation sites is 1. The molecule has 0 bridgehead atoms. The van der Waals surface area contributed by atoms with Gasteiger partial charge in [0.2, 0.25) is 5.13 Å². The van der Waals surface area contributed by atoms with Crippen molar-refractivity contribution in [3.8, 4) is 11.1 Å². The first-order chi connectivity index (χ1) is 13.6. The van der Waals surface area contributed by atoms with E-state index in [2.05, 4.69) is 15.5 Å². The zero-order valence-electron chi connectivity index (χ0n) is 15.1. The molecule has 6 heteroatoms. The van der Waals surface area contributed by atoms with E-state index in [0.29, 0.717) is 0 Å². The van der Waals surface area contributed by atoms with Gasteiger partial charge in [0.25, 0.3) is 0 Å². The number of fused-ring (bicyclic) bond motifs is 1. The number of aromatic carboxylic acids is 1. The summed E-state index contributed by atoms with van der Waals surface area (Å²) in [5.41, 5.74) is 7.81. The summed E-state index contributed by atoms with van der Waals surface area (Å²) in [5.74, 6) is -0.934. The third-order valence-electron chi connectivity index (χ3n) is 4.34. The Labute approximate surface area is 166 Å². The molecule has 5 nitrogen and oxygen atoms in total. The van der Waals surface area contributed by atoms with Crippen molar-refractivity contribution < 1.29 is 9.90 Å². The van der Waals surface area contributed by atoms with Gasteiger partial charge < -0.3 is 5.11 Å². The van der Waals surface area contributed by atoms with E-state index < -0.39 is 5.97 Å². The highest BCUT2D eigenvalue weighted by molar-refractivity contribution is 7.22. The third-order valence-corrected chi connectivity index (χ3v) is 5.28. The summed E-state index contributed by atoms with van der Waals surface area (Å²) in [7, 11) is 0. The van der Waals surface area contributed by atoms with Crippen LogP contribution in [0.4, 0.5) is 5.13 Å². The molecule has 0 saturated heterocycles. The number of benzene rings is 3. The molecule has 0 spiro atoms. The Kier molecular flexibility index (Phi) is 4.87. The molecule has 4 rings (SSSR count). The number of carboxylic acids is 1. The van der Waals surface area contributed by atoms with Gasteiger partial charge in [-0.2, -0.15) is 5.10 Å². The molecule has 0 fully saturated rings. The largest absolute Gasteiger partial charge is 0.478 e. The van der Waals surface area contributed by atoms with Gasteiger partial charge in [0.15, 0.2) is 0 Å². The average molecular weight is 387 g/mol. The molecule has 0 amide bonds. The van der Waals surface area contributed by atoms with Gasteiger partial charge in [0.05, 0.1) is 21.5 Å². The Hall–Kier alpha value is -3.51. The molecule has 138 valence electrons. The first-order valence-electron chi connectivity index (χ1n) is 8.70. The van der Waals surface area contributed by atoms with Gasteiger partial charge in [-0.15, -0.1) is 0 Å². The summed E-state index contributed by atoms with van der Waals surface area (Å²) in [6, 6.07) is 22.7. The molecule has 0 aliphatic heterocycles. The molecule has 1 aromatic heterocycles. The van der Waals surface area contributed by atoms with Crippen LogP contribution in [-0.4, -0.2) is 21.8 Å². The van der Waals surface area contributed by atoms with Gasteiger partial charge >= 0.3 is 5.97 Å². The van der Waals surface area contributed by atoms with Gasteiger partial charge in [0.1, 0.15) is 0 Å². The van der Waals surface area contributed by atoms with Gasteiger partial charge in [-0.05, 0) is 53.9 Å². The fourth-order valence-electron chi connectivity index (χ4n) is 2.87.